The highest BCUT2D eigenvalue weighted by Crippen LogP contribution is 2.25. The summed E-state index contributed by atoms with van der Waals surface area (Å²) in [5.41, 5.74) is 3.57. The van der Waals surface area contributed by atoms with E-state index < -0.39 is 0 Å². The van der Waals surface area contributed by atoms with E-state index in [2.05, 4.69) is 15.3 Å². The van der Waals surface area contributed by atoms with Crippen LogP contribution in [0.3, 0.4) is 0 Å². The first-order valence-corrected chi connectivity index (χ1v) is 8.18. The molecule has 1 aromatic carbocycles. The SMILES string of the molecule is Cc1nc(S[C@@H](C)C(=O)Nc2ccccc2Cl)nc(C)c1C. The molecule has 0 aliphatic rings. The fraction of sp³-hybridized carbons (Fsp3) is 0.312. The van der Waals surface area contributed by atoms with Gasteiger partial charge >= 0.3 is 0 Å². The standard InChI is InChI=1S/C16H18ClN3OS/c1-9-10(2)18-16(19-11(9)3)22-12(4)15(21)20-14-8-6-5-7-13(14)17/h5-8,12H,1-4H3,(H,20,21)/t12-/m0/s1. The van der Waals surface area contributed by atoms with Crippen molar-refractivity contribution in [1.29, 1.82) is 0 Å². The van der Waals surface area contributed by atoms with Gasteiger partial charge in [0, 0.05) is 11.4 Å². The fourth-order valence-electron chi connectivity index (χ4n) is 1.80. The Bertz CT molecular complexity index is 683. The third kappa shape index (κ3) is 3.99. The molecule has 0 fully saturated rings. The molecule has 2 aromatic rings. The zero-order valence-corrected chi connectivity index (χ0v) is 14.5. The number of aromatic nitrogens is 2. The van der Waals surface area contributed by atoms with E-state index in [9.17, 15) is 4.79 Å². The maximum Gasteiger partial charge on any atom is 0.237 e. The molecule has 4 nitrogen and oxygen atoms in total. The Balaban J connectivity index is 2.07. The van der Waals surface area contributed by atoms with Crippen LogP contribution in [0.15, 0.2) is 29.4 Å². The van der Waals surface area contributed by atoms with Crippen molar-refractivity contribution in [2.24, 2.45) is 0 Å². The second kappa shape index (κ2) is 7.11. The molecule has 0 unspecified atom stereocenters. The number of aryl methyl sites for hydroxylation is 2. The lowest BCUT2D eigenvalue weighted by Gasteiger charge is -2.13. The molecule has 2 rings (SSSR count). The number of nitrogens with zero attached hydrogens (tertiary/aromatic N) is 2. The molecular formula is C16H18ClN3OS. The van der Waals surface area contributed by atoms with Crippen molar-refractivity contribution in [3.05, 3.63) is 46.2 Å². The first-order valence-electron chi connectivity index (χ1n) is 6.92. The predicted molar refractivity (Wildman–Crippen MR) is 91.6 cm³/mol. The molecule has 0 saturated heterocycles. The summed E-state index contributed by atoms with van der Waals surface area (Å²) in [7, 11) is 0. The Kier molecular flexibility index (Phi) is 5.42. The Morgan fingerprint density at radius 3 is 2.36 bits per heavy atom. The summed E-state index contributed by atoms with van der Waals surface area (Å²) in [6.07, 6.45) is 0. The van der Waals surface area contributed by atoms with Crippen LogP contribution in [0.5, 0.6) is 0 Å². The number of amides is 1. The minimum atomic E-state index is -0.322. The molecular weight excluding hydrogens is 318 g/mol. The number of rotatable bonds is 4. The van der Waals surface area contributed by atoms with Crippen LogP contribution in [0.1, 0.15) is 23.9 Å². The summed E-state index contributed by atoms with van der Waals surface area (Å²) in [5, 5.41) is 3.64. The molecule has 1 atom stereocenters. The van der Waals surface area contributed by atoms with Crippen LogP contribution in [-0.4, -0.2) is 21.1 Å². The van der Waals surface area contributed by atoms with E-state index in [1.54, 1.807) is 12.1 Å². The number of thioether (sulfide) groups is 1. The van der Waals surface area contributed by atoms with Crippen molar-refractivity contribution in [2.45, 2.75) is 38.1 Å². The Morgan fingerprint density at radius 2 is 1.77 bits per heavy atom. The first-order chi connectivity index (χ1) is 10.4. The summed E-state index contributed by atoms with van der Waals surface area (Å²) in [6.45, 7) is 7.71. The lowest BCUT2D eigenvalue weighted by Crippen LogP contribution is -2.23. The fourth-order valence-corrected chi connectivity index (χ4v) is 2.85. The molecule has 0 radical (unpaired) electrons. The van der Waals surface area contributed by atoms with Crippen molar-refractivity contribution in [3.63, 3.8) is 0 Å². The topological polar surface area (TPSA) is 54.9 Å². The molecule has 0 aliphatic carbocycles. The van der Waals surface area contributed by atoms with Crippen LogP contribution in [0, 0.1) is 20.8 Å². The van der Waals surface area contributed by atoms with E-state index in [0.29, 0.717) is 15.9 Å². The number of carbonyl (C=O) groups excluding carboxylic acids is 1. The van der Waals surface area contributed by atoms with Crippen LogP contribution in [-0.2, 0) is 4.79 Å². The summed E-state index contributed by atoms with van der Waals surface area (Å²) >= 11 is 7.38. The summed E-state index contributed by atoms with van der Waals surface area (Å²) in [4.78, 5) is 21.1. The Labute approximate surface area is 139 Å². The largest absolute Gasteiger partial charge is 0.324 e. The zero-order valence-electron chi connectivity index (χ0n) is 13.0. The summed E-state index contributed by atoms with van der Waals surface area (Å²) < 4.78 is 0. The molecule has 0 spiro atoms. The molecule has 0 aliphatic heterocycles. The molecule has 6 heteroatoms. The molecule has 22 heavy (non-hydrogen) atoms. The van der Waals surface area contributed by atoms with Crippen LogP contribution in [0.2, 0.25) is 5.02 Å². The van der Waals surface area contributed by atoms with Gasteiger partial charge < -0.3 is 5.32 Å². The maximum atomic E-state index is 12.3. The van der Waals surface area contributed by atoms with Gasteiger partial charge in [0.25, 0.3) is 0 Å². The molecule has 1 aromatic heterocycles. The van der Waals surface area contributed by atoms with Gasteiger partial charge in [-0.3, -0.25) is 4.79 Å². The Morgan fingerprint density at radius 1 is 1.18 bits per heavy atom. The highest BCUT2D eigenvalue weighted by Gasteiger charge is 2.18. The van der Waals surface area contributed by atoms with Gasteiger partial charge in [0.15, 0.2) is 5.16 Å². The quantitative estimate of drug-likeness (QED) is 0.673. The van der Waals surface area contributed by atoms with Gasteiger partial charge in [-0.05, 0) is 45.4 Å². The number of benzene rings is 1. The molecule has 1 N–H and O–H groups in total. The number of carbonyl (C=O) groups is 1. The average molecular weight is 336 g/mol. The van der Waals surface area contributed by atoms with E-state index in [4.69, 9.17) is 11.6 Å². The van der Waals surface area contributed by atoms with Crippen molar-refractivity contribution in [2.75, 3.05) is 5.32 Å². The maximum absolute atomic E-state index is 12.3. The molecule has 0 saturated carbocycles. The molecule has 1 heterocycles. The van der Waals surface area contributed by atoms with Gasteiger partial charge in [0.05, 0.1) is 16.0 Å². The highest BCUT2D eigenvalue weighted by atomic mass is 35.5. The number of anilines is 1. The van der Waals surface area contributed by atoms with Crippen molar-refractivity contribution < 1.29 is 4.79 Å². The van der Waals surface area contributed by atoms with Crippen LogP contribution in [0.25, 0.3) is 0 Å². The first kappa shape index (κ1) is 16.8. The number of hydrogen-bond acceptors (Lipinski definition) is 4. The third-order valence-corrected chi connectivity index (χ3v) is 4.69. The number of nitrogens with one attached hydrogen (secondary N) is 1. The van der Waals surface area contributed by atoms with Gasteiger partial charge in [-0.2, -0.15) is 0 Å². The normalized spacial score (nSPS) is 12.0. The third-order valence-electron chi connectivity index (χ3n) is 3.40. The van der Waals surface area contributed by atoms with Crippen molar-refractivity contribution in [3.8, 4) is 0 Å². The minimum Gasteiger partial charge on any atom is -0.324 e. The van der Waals surface area contributed by atoms with Crippen molar-refractivity contribution >= 4 is 35.0 Å². The lowest BCUT2D eigenvalue weighted by atomic mass is 10.2. The Hall–Kier alpha value is -1.59. The molecule has 116 valence electrons. The van der Waals surface area contributed by atoms with Gasteiger partial charge in [0.2, 0.25) is 5.91 Å². The molecule has 1 amide bonds. The van der Waals surface area contributed by atoms with E-state index in [1.807, 2.05) is 39.8 Å². The van der Waals surface area contributed by atoms with E-state index in [-0.39, 0.29) is 11.2 Å². The van der Waals surface area contributed by atoms with E-state index in [1.165, 1.54) is 11.8 Å². The van der Waals surface area contributed by atoms with Crippen molar-refractivity contribution in [1.82, 2.24) is 9.97 Å². The van der Waals surface area contributed by atoms with Crippen LogP contribution < -0.4 is 5.32 Å². The number of hydrogen-bond donors (Lipinski definition) is 1. The van der Waals surface area contributed by atoms with Gasteiger partial charge in [-0.1, -0.05) is 35.5 Å². The molecule has 0 bridgehead atoms. The zero-order chi connectivity index (χ0) is 16.3. The average Bonchev–Trinajstić information content (AvgIpc) is 2.47. The van der Waals surface area contributed by atoms with Gasteiger partial charge in [0.1, 0.15) is 0 Å². The number of para-hydroxylation sites is 1. The minimum absolute atomic E-state index is 0.127. The number of halogens is 1. The van der Waals surface area contributed by atoms with Crippen LogP contribution >= 0.6 is 23.4 Å². The second-order valence-electron chi connectivity index (χ2n) is 5.03. The smallest absolute Gasteiger partial charge is 0.237 e. The highest BCUT2D eigenvalue weighted by molar-refractivity contribution is 8.00. The van der Waals surface area contributed by atoms with Gasteiger partial charge in [-0.25, -0.2) is 9.97 Å². The second-order valence-corrected chi connectivity index (χ2v) is 6.75. The lowest BCUT2D eigenvalue weighted by molar-refractivity contribution is -0.115. The summed E-state index contributed by atoms with van der Waals surface area (Å²) in [5.74, 6) is -0.127. The predicted octanol–water partition coefficient (Wildman–Crippen LogP) is 4.17. The van der Waals surface area contributed by atoms with Gasteiger partial charge in [-0.15, -0.1) is 0 Å². The van der Waals surface area contributed by atoms with E-state index >= 15 is 0 Å². The summed E-state index contributed by atoms with van der Waals surface area (Å²) in [6, 6.07) is 7.16. The van der Waals surface area contributed by atoms with E-state index in [0.717, 1.165) is 17.0 Å². The monoisotopic (exact) mass is 335 g/mol. The van der Waals surface area contributed by atoms with Crippen LogP contribution in [0.4, 0.5) is 5.69 Å².